The number of phenols is 1. The Morgan fingerprint density at radius 1 is 0.952 bits per heavy atom. The van der Waals surface area contributed by atoms with Gasteiger partial charge >= 0.3 is 0 Å². The SMILES string of the molecule is COc1ccc(S(=O)(=O)Nc2cc(OC)ccc2O)cc1. The molecule has 2 aromatic carbocycles. The minimum Gasteiger partial charge on any atom is -0.506 e. The molecule has 0 unspecified atom stereocenters. The number of anilines is 1. The zero-order chi connectivity index (χ0) is 15.5. The fourth-order valence-electron chi connectivity index (χ4n) is 1.68. The predicted octanol–water partition coefficient (Wildman–Crippen LogP) is 2.21. The smallest absolute Gasteiger partial charge is 0.262 e. The highest BCUT2D eigenvalue weighted by Gasteiger charge is 2.16. The van der Waals surface area contributed by atoms with Gasteiger partial charge in [-0.3, -0.25) is 4.72 Å². The summed E-state index contributed by atoms with van der Waals surface area (Å²) in [4.78, 5) is 0.0607. The highest BCUT2D eigenvalue weighted by atomic mass is 32.2. The molecule has 2 aromatic rings. The minimum absolute atomic E-state index is 0.0465. The Morgan fingerprint density at radius 2 is 1.52 bits per heavy atom. The summed E-state index contributed by atoms with van der Waals surface area (Å²) < 4.78 is 36.8. The zero-order valence-electron chi connectivity index (χ0n) is 11.5. The molecule has 2 N–H and O–H groups in total. The molecule has 7 heteroatoms. The number of sulfonamides is 1. The normalized spacial score (nSPS) is 11.0. The van der Waals surface area contributed by atoms with E-state index in [1.807, 2.05) is 0 Å². The first-order chi connectivity index (χ1) is 9.96. The molecule has 0 bridgehead atoms. The van der Waals surface area contributed by atoms with E-state index in [0.717, 1.165) is 0 Å². The van der Waals surface area contributed by atoms with E-state index in [1.54, 1.807) is 12.1 Å². The second-order valence-corrected chi connectivity index (χ2v) is 5.85. The van der Waals surface area contributed by atoms with Crippen LogP contribution in [0.15, 0.2) is 47.4 Å². The Balaban J connectivity index is 2.32. The molecule has 0 aliphatic heterocycles. The van der Waals surface area contributed by atoms with Crippen LogP contribution < -0.4 is 14.2 Å². The van der Waals surface area contributed by atoms with Crippen molar-refractivity contribution >= 4 is 15.7 Å². The number of rotatable bonds is 5. The van der Waals surface area contributed by atoms with Gasteiger partial charge in [-0.25, -0.2) is 8.42 Å². The predicted molar refractivity (Wildman–Crippen MR) is 78.5 cm³/mol. The topological polar surface area (TPSA) is 84.9 Å². The van der Waals surface area contributed by atoms with E-state index in [4.69, 9.17) is 9.47 Å². The third kappa shape index (κ3) is 3.38. The fraction of sp³-hybridized carbons (Fsp3) is 0.143. The van der Waals surface area contributed by atoms with Crippen molar-refractivity contribution < 1.29 is 23.0 Å². The molecule has 0 aliphatic carbocycles. The van der Waals surface area contributed by atoms with Crippen molar-refractivity contribution in [3.05, 3.63) is 42.5 Å². The lowest BCUT2D eigenvalue weighted by Crippen LogP contribution is -2.13. The van der Waals surface area contributed by atoms with Gasteiger partial charge < -0.3 is 14.6 Å². The zero-order valence-corrected chi connectivity index (χ0v) is 12.3. The van der Waals surface area contributed by atoms with Gasteiger partial charge in [0, 0.05) is 6.07 Å². The van der Waals surface area contributed by atoms with Crippen molar-refractivity contribution in [3.63, 3.8) is 0 Å². The van der Waals surface area contributed by atoms with Gasteiger partial charge in [-0.15, -0.1) is 0 Å². The van der Waals surface area contributed by atoms with Crippen LogP contribution >= 0.6 is 0 Å². The molecule has 112 valence electrons. The molecule has 0 fully saturated rings. The molecule has 0 saturated carbocycles. The highest BCUT2D eigenvalue weighted by Crippen LogP contribution is 2.30. The van der Waals surface area contributed by atoms with E-state index in [9.17, 15) is 13.5 Å². The third-order valence-electron chi connectivity index (χ3n) is 2.82. The molecule has 0 saturated heterocycles. The maximum atomic E-state index is 12.2. The summed E-state index contributed by atoms with van der Waals surface area (Å²) in [5.74, 6) is 0.797. The summed E-state index contributed by atoms with van der Waals surface area (Å²) in [5, 5.41) is 9.72. The molecule has 0 aliphatic rings. The average molecular weight is 309 g/mol. The van der Waals surface area contributed by atoms with Crippen LogP contribution in [0.5, 0.6) is 17.2 Å². The highest BCUT2D eigenvalue weighted by molar-refractivity contribution is 7.92. The number of methoxy groups -OCH3 is 2. The van der Waals surface area contributed by atoms with Gasteiger partial charge in [0.2, 0.25) is 0 Å². The molecule has 2 rings (SSSR count). The van der Waals surface area contributed by atoms with Gasteiger partial charge in [-0.05, 0) is 36.4 Å². The Labute approximate surface area is 123 Å². The summed E-state index contributed by atoms with van der Waals surface area (Å²) in [6.45, 7) is 0. The van der Waals surface area contributed by atoms with Gasteiger partial charge in [0.05, 0.1) is 24.8 Å². The minimum atomic E-state index is -3.81. The van der Waals surface area contributed by atoms with Gasteiger partial charge in [-0.2, -0.15) is 0 Å². The van der Waals surface area contributed by atoms with Crippen molar-refractivity contribution in [3.8, 4) is 17.2 Å². The molecule has 0 spiro atoms. The molecular formula is C14H15NO5S. The van der Waals surface area contributed by atoms with Crippen LogP contribution in [-0.2, 0) is 10.0 Å². The molecule has 0 aromatic heterocycles. The number of hydrogen-bond acceptors (Lipinski definition) is 5. The number of hydrogen-bond donors (Lipinski definition) is 2. The van der Waals surface area contributed by atoms with E-state index in [1.165, 1.54) is 44.6 Å². The maximum Gasteiger partial charge on any atom is 0.262 e. The molecule has 0 atom stereocenters. The maximum absolute atomic E-state index is 12.2. The standard InChI is InChI=1S/C14H15NO5S/c1-19-10-3-6-12(7-4-10)21(17,18)15-13-9-11(20-2)5-8-14(13)16/h3-9,15-16H,1-2H3. The summed E-state index contributed by atoms with van der Waals surface area (Å²) in [6.07, 6.45) is 0. The van der Waals surface area contributed by atoms with Crippen molar-refractivity contribution in [2.45, 2.75) is 4.90 Å². The number of benzene rings is 2. The Bertz CT molecular complexity index is 726. The molecule has 21 heavy (non-hydrogen) atoms. The lowest BCUT2D eigenvalue weighted by atomic mass is 10.3. The van der Waals surface area contributed by atoms with Gasteiger partial charge in [0.25, 0.3) is 10.0 Å². The first-order valence-electron chi connectivity index (χ1n) is 6.00. The lowest BCUT2D eigenvalue weighted by molar-refractivity contribution is 0.413. The van der Waals surface area contributed by atoms with Gasteiger partial charge in [0.15, 0.2) is 0 Å². The van der Waals surface area contributed by atoms with Crippen molar-refractivity contribution in [1.29, 1.82) is 0 Å². The van der Waals surface area contributed by atoms with E-state index in [-0.39, 0.29) is 16.3 Å². The summed E-state index contributed by atoms with van der Waals surface area (Å²) >= 11 is 0. The molecule has 0 heterocycles. The monoisotopic (exact) mass is 309 g/mol. The van der Waals surface area contributed by atoms with Crippen LogP contribution in [0, 0.1) is 0 Å². The van der Waals surface area contributed by atoms with Crippen LogP contribution in [0.1, 0.15) is 0 Å². The fourth-order valence-corrected chi connectivity index (χ4v) is 2.75. The molecule has 0 radical (unpaired) electrons. The van der Waals surface area contributed by atoms with Crippen LogP contribution in [0.3, 0.4) is 0 Å². The molecule has 0 amide bonds. The first-order valence-corrected chi connectivity index (χ1v) is 7.48. The largest absolute Gasteiger partial charge is 0.506 e. The van der Waals surface area contributed by atoms with Crippen LogP contribution in [0.4, 0.5) is 5.69 Å². The summed E-state index contributed by atoms with van der Waals surface area (Å²) in [6, 6.07) is 10.2. The first kappa shape index (κ1) is 15.0. The van der Waals surface area contributed by atoms with Gasteiger partial charge in [0.1, 0.15) is 17.2 Å². The summed E-state index contributed by atoms with van der Waals surface area (Å²) in [5.41, 5.74) is 0.0465. The van der Waals surface area contributed by atoms with Crippen molar-refractivity contribution in [2.24, 2.45) is 0 Å². The second-order valence-electron chi connectivity index (χ2n) is 4.16. The molecule has 6 nitrogen and oxygen atoms in total. The number of phenolic OH excluding ortho intramolecular Hbond substituents is 1. The Kier molecular flexibility index (Phi) is 4.23. The number of nitrogens with one attached hydrogen (secondary N) is 1. The Hall–Kier alpha value is -2.41. The number of aromatic hydroxyl groups is 1. The Morgan fingerprint density at radius 3 is 2.10 bits per heavy atom. The van der Waals surface area contributed by atoms with Crippen molar-refractivity contribution in [2.75, 3.05) is 18.9 Å². The quantitative estimate of drug-likeness (QED) is 0.827. The van der Waals surface area contributed by atoms with E-state index < -0.39 is 10.0 Å². The van der Waals surface area contributed by atoms with Crippen molar-refractivity contribution in [1.82, 2.24) is 0 Å². The van der Waals surface area contributed by atoms with Crippen LogP contribution in [0.2, 0.25) is 0 Å². The number of ether oxygens (including phenoxy) is 2. The average Bonchev–Trinajstić information content (AvgIpc) is 2.49. The summed E-state index contributed by atoms with van der Waals surface area (Å²) in [7, 11) is -0.858. The third-order valence-corrected chi connectivity index (χ3v) is 4.20. The van der Waals surface area contributed by atoms with Gasteiger partial charge in [-0.1, -0.05) is 0 Å². The lowest BCUT2D eigenvalue weighted by Gasteiger charge is -2.11. The van der Waals surface area contributed by atoms with E-state index in [2.05, 4.69) is 4.72 Å². The second kappa shape index (κ2) is 5.92. The van der Waals surface area contributed by atoms with Crippen LogP contribution in [0.25, 0.3) is 0 Å². The van der Waals surface area contributed by atoms with Crippen LogP contribution in [-0.4, -0.2) is 27.7 Å². The van der Waals surface area contributed by atoms with E-state index >= 15 is 0 Å². The molecular weight excluding hydrogens is 294 g/mol. The van der Waals surface area contributed by atoms with E-state index in [0.29, 0.717) is 11.5 Å².